The Morgan fingerprint density at radius 1 is 0.893 bits per heavy atom. The number of aromatic nitrogens is 1. The molecular formula is C22H22ClN3O2. The fourth-order valence-corrected chi connectivity index (χ4v) is 2.86. The predicted octanol–water partition coefficient (Wildman–Crippen LogP) is 3.83. The summed E-state index contributed by atoms with van der Waals surface area (Å²) in [6, 6.07) is 19.5. The first-order chi connectivity index (χ1) is 13.1. The minimum Gasteiger partial charge on any atom is -0.370 e. The van der Waals surface area contributed by atoms with E-state index in [4.69, 9.17) is 5.73 Å². The van der Waals surface area contributed by atoms with E-state index < -0.39 is 0 Å². The summed E-state index contributed by atoms with van der Waals surface area (Å²) >= 11 is 0. The van der Waals surface area contributed by atoms with E-state index in [1.807, 2.05) is 42.6 Å². The van der Waals surface area contributed by atoms with Crippen LogP contribution in [0.15, 0.2) is 73.1 Å². The van der Waals surface area contributed by atoms with E-state index in [0.29, 0.717) is 18.5 Å². The molecule has 0 fully saturated rings. The normalized spacial score (nSPS) is 10.0. The molecule has 0 saturated heterocycles. The van der Waals surface area contributed by atoms with Gasteiger partial charge in [0.25, 0.3) is 5.91 Å². The molecule has 1 aromatic heterocycles. The minimum absolute atomic E-state index is 0. The number of nitrogens with zero attached hydrogens (tertiary/aromatic N) is 1. The molecule has 0 unspecified atom stereocenters. The first-order valence-electron chi connectivity index (χ1n) is 8.81. The summed E-state index contributed by atoms with van der Waals surface area (Å²) in [5.74, 6) is -0.524. The number of carbonyl (C=O) groups excluding carboxylic acids is 2. The lowest BCUT2D eigenvalue weighted by molar-refractivity contribution is -0.118. The van der Waals surface area contributed by atoms with Crippen molar-refractivity contribution >= 4 is 24.2 Å². The molecule has 3 N–H and O–H groups in total. The lowest BCUT2D eigenvalue weighted by atomic mass is 9.96. The fraction of sp³-hybridized carbons (Fsp3) is 0.136. The Bertz CT molecular complexity index is 928. The van der Waals surface area contributed by atoms with Crippen molar-refractivity contribution in [2.45, 2.75) is 12.8 Å². The number of halogens is 1. The number of nitrogens with one attached hydrogen (secondary N) is 1. The molecule has 0 saturated carbocycles. The second-order valence-electron chi connectivity index (χ2n) is 6.19. The van der Waals surface area contributed by atoms with Gasteiger partial charge in [-0.2, -0.15) is 0 Å². The molecule has 0 atom stereocenters. The smallest absolute Gasteiger partial charge is 0.251 e. The van der Waals surface area contributed by atoms with Crippen LogP contribution in [0.25, 0.3) is 22.3 Å². The van der Waals surface area contributed by atoms with Gasteiger partial charge in [-0.15, -0.1) is 12.4 Å². The summed E-state index contributed by atoms with van der Waals surface area (Å²) in [7, 11) is 0. The number of hydrogen-bond donors (Lipinski definition) is 2. The summed E-state index contributed by atoms with van der Waals surface area (Å²) < 4.78 is 0. The standard InChI is InChI=1S/C22H21N3O2.ClH/c23-21(26)7-4-13-25-22(27)18-10-8-17(9-11-18)19-12-14-24-15-20(19)16-5-2-1-3-6-16;/h1-3,5-6,8-12,14-15H,4,7,13H2,(H2,23,26)(H,25,27);1H. The van der Waals surface area contributed by atoms with E-state index in [2.05, 4.69) is 22.4 Å². The van der Waals surface area contributed by atoms with Gasteiger partial charge in [0.1, 0.15) is 0 Å². The predicted molar refractivity (Wildman–Crippen MR) is 113 cm³/mol. The van der Waals surface area contributed by atoms with Crippen LogP contribution in [0.3, 0.4) is 0 Å². The first-order valence-corrected chi connectivity index (χ1v) is 8.81. The maximum Gasteiger partial charge on any atom is 0.251 e. The van der Waals surface area contributed by atoms with Gasteiger partial charge in [-0.1, -0.05) is 42.5 Å². The molecule has 0 aliphatic heterocycles. The Morgan fingerprint density at radius 2 is 1.57 bits per heavy atom. The molecule has 3 rings (SSSR count). The van der Waals surface area contributed by atoms with E-state index in [-0.39, 0.29) is 30.6 Å². The van der Waals surface area contributed by atoms with Crippen LogP contribution >= 0.6 is 12.4 Å². The third kappa shape index (κ3) is 5.41. The van der Waals surface area contributed by atoms with E-state index in [0.717, 1.165) is 22.3 Å². The SMILES string of the molecule is Cl.NC(=O)CCCNC(=O)c1ccc(-c2ccncc2-c2ccccc2)cc1. The van der Waals surface area contributed by atoms with Crippen LogP contribution in [0.2, 0.25) is 0 Å². The van der Waals surface area contributed by atoms with Gasteiger partial charge < -0.3 is 11.1 Å². The number of benzene rings is 2. The molecule has 28 heavy (non-hydrogen) atoms. The fourth-order valence-electron chi connectivity index (χ4n) is 2.86. The highest BCUT2D eigenvalue weighted by molar-refractivity contribution is 5.95. The monoisotopic (exact) mass is 395 g/mol. The zero-order chi connectivity index (χ0) is 19.1. The number of pyridine rings is 1. The third-order valence-electron chi connectivity index (χ3n) is 4.25. The minimum atomic E-state index is -0.361. The lowest BCUT2D eigenvalue weighted by Gasteiger charge is -2.10. The topological polar surface area (TPSA) is 85.1 Å². The van der Waals surface area contributed by atoms with Gasteiger partial charge in [0.15, 0.2) is 0 Å². The zero-order valence-corrected chi connectivity index (χ0v) is 16.1. The molecule has 1 heterocycles. The van der Waals surface area contributed by atoms with Gasteiger partial charge in [0, 0.05) is 36.5 Å². The number of rotatable bonds is 7. The van der Waals surface area contributed by atoms with Crippen molar-refractivity contribution in [1.29, 1.82) is 0 Å². The molecule has 3 aromatic rings. The van der Waals surface area contributed by atoms with Crippen LogP contribution in [0.5, 0.6) is 0 Å². The summed E-state index contributed by atoms with van der Waals surface area (Å²) in [6.45, 7) is 0.423. The number of amides is 2. The van der Waals surface area contributed by atoms with Crippen molar-refractivity contribution in [2.24, 2.45) is 5.73 Å². The van der Waals surface area contributed by atoms with Crippen molar-refractivity contribution in [3.63, 3.8) is 0 Å². The van der Waals surface area contributed by atoms with Gasteiger partial charge in [0.05, 0.1) is 0 Å². The molecule has 0 bridgehead atoms. The van der Waals surface area contributed by atoms with Crippen LogP contribution in [-0.2, 0) is 4.79 Å². The molecular weight excluding hydrogens is 374 g/mol. The van der Waals surface area contributed by atoms with Gasteiger partial charge >= 0.3 is 0 Å². The second kappa shape index (κ2) is 10.2. The van der Waals surface area contributed by atoms with Crippen LogP contribution in [-0.4, -0.2) is 23.3 Å². The van der Waals surface area contributed by atoms with Gasteiger partial charge in [0.2, 0.25) is 5.91 Å². The maximum atomic E-state index is 12.2. The van der Waals surface area contributed by atoms with Gasteiger partial charge in [-0.25, -0.2) is 0 Å². The molecule has 6 heteroatoms. The van der Waals surface area contributed by atoms with Crippen molar-refractivity contribution in [1.82, 2.24) is 10.3 Å². The summed E-state index contributed by atoms with van der Waals surface area (Å²) in [5.41, 5.74) is 9.88. The molecule has 0 radical (unpaired) electrons. The van der Waals surface area contributed by atoms with Crippen molar-refractivity contribution < 1.29 is 9.59 Å². The zero-order valence-electron chi connectivity index (χ0n) is 15.3. The maximum absolute atomic E-state index is 12.2. The van der Waals surface area contributed by atoms with Crippen LogP contribution < -0.4 is 11.1 Å². The number of nitrogens with two attached hydrogens (primary N) is 1. The first kappa shape index (κ1) is 21.1. The highest BCUT2D eigenvalue weighted by Gasteiger charge is 2.09. The van der Waals surface area contributed by atoms with E-state index >= 15 is 0 Å². The highest BCUT2D eigenvalue weighted by atomic mass is 35.5. The summed E-state index contributed by atoms with van der Waals surface area (Å²) in [6.07, 6.45) is 4.42. The molecule has 0 spiro atoms. The van der Waals surface area contributed by atoms with Crippen LogP contribution in [0.1, 0.15) is 23.2 Å². The number of primary amides is 1. The molecule has 2 amide bonds. The van der Waals surface area contributed by atoms with Crippen molar-refractivity contribution in [3.05, 3.63) is 78.6 Å². The van der Waals surface area contributed by atoms with Gasteiger partial charge in [-0.05, 0) is 41.3 Å². The Morgan fingerprint density at radius 3 is 2.25 bits per heavy atom. The van der Waals surface area contributed by atoms with Crippen LogP contribution in [0.4, 0.5) is 0 Å². The van der Waals surface area contributed by atoms with Crippen molar-refractivity contribution in [2.75, 3.05) is 6.54 Å². The van der Waals surface area contributed by atoms with E-state index in [1.54, 1.807) is 18.3 Å². The number of hydrogen-bond acceptors (Lipinski definition) is 3. The van der Waals surface area contributed by atoms with Gasteiger partial charge in [-0.3, -0.25) is 14.6 Å². The molecule has 0 aliphatic carbocycles. The van der Waals surface area contributed by atoms with E-state index in [9.17, 15) is 9.59 Å². The molecule has 5 nitrogen and oxygen atoms in total. The van der Waals surface area contributed by atoms with E-state index in [1.165, 1.54) is 0 Å². The summed E-state index contributed by atoms with van der Waals surface area (Å²) in [4.78, 5) is 27.2. The third-order valence-corrected chi connectivity index (χ3v) is 4.25. The highest BCUT2D eigenvalue weighted by Crippen LogP contribution is 2.31. The van der Waals surface area contributed by atoms with Crippen molar-refractivity contribution in [3.8, 4) is 22.3 Å². The largest absolute Gasteiger partial charge is 0.370 e. The average Bonchev–Trinajstić information content (AvgIpc) is 2.72. The lowest BCUT2D eigenvalue weighted by Crippen LogP contribution is -2.25. The average molecular weight is 396 g/mol. The quantitative estimate of drug-likeness (QED) is 0.596. The Kier molecular flexibility index (Phi) is 7.72. The Labute approximate surface area is 170 Å². The second-order valence-corrected chi connectivity index (χ2v) is 6.19. The van der Waals surface area contributed by atoms with Crippen LogP contribution in [0, 0.1) is 0 Å². The molecule has 2 aromatic carbocycles. The molecule has 0 aliphatic rings. The summed E-state index contributed by atoms with van der Waals surface area (Å²) in [5, 5.41) is 2.79. The number of carbonyl (C=O) groups is 2. The Balaban J connectivity index is 0.00000280. The molecule has 144 valence electrons. The Hall–Kier alpha value is -3.18.